The second kappa shape index (κ2) is 3.49. The van der Waals surface area contributed by atoms with Gasteiger partial charge in [0.25, 0.3) is 0 Å². The van der Waals surface area contributed by atoms with E-state index in [1.54, 1.807) is 7.11 Å². The van der Waals surface area contributed by atoms with Crippen LogP contribution >= 0.6 is 0 Å². The standard InChI is InChI=1S/C12H16N2O2/c1-11(2)12(16-3,14-10(15)13-11)9-7-5-4-6-8-9/h4-8H,1-3H3,(H2,13,14,15). The Morgan fingerprint density at radius 2 is 1.75 bits per heavy atom. The van der Waals surface area contributed by atoms with Gasteiger partial charge >= 0.3 is 6.03 Å². The monoisotopic (exact) mass is 220 g/mol. The molecule has 1 aliphatic rings. The summed E-state index contributed by atoms with van der Waals surface area (Å²) in [5.74, 6) is 0. The van der Waals surface area contributed by atoms with E-state index in [1.807, 2.05) is 44.2 Å². The molecule has 1 unspecified atom stereocenters. The minimum atomic E-state index is -0.814. The molecule has 0 radical (unpaired) electrons. The highest BCUT2D eigenvalue weighted by molar-refractivity contribution is 5.79. The van der Waals surface area contributed by atoms with Crippen LogP contribution in [0.25, 0.3) is 0 Å². The first kappa shape index (κ1) is 11.0. The van der Waals surface area contributed by atoms with E-state index >= 15 is 0 Å². The first-order valence-corrected chi connectivity index (χ1v) is 5.23. The molecular formula is C12H16N2O2. The molecule has 1 atom stereocenters. The smallest absolute Gasteiger partial charge is 0.317 e. The van der Waals surface area contributed by atoms with Crippen molar-refractivity contribution in [1.82, 2.24) is 10.6 Å². The lowest BCUT2D eigenvalue weighted by Crippen LogP contribution is -2.55. The van der Waals surface area contributed by atoms with Crippen molar-refractivity contribution in [3.63, 3.8) is 0 Å². The minimum absolute atomic E-state index is 0.212. The van der Waals surface area contributed by atoms with Crippen LogP contribution in [0.4, 0.5) is 4.79 Å². The molecule has 2 amide bonds. The Balaban J connectivity index is 2.52. The van der Waals surface area contributed by atoms with Crippen LogP contribution < -0.4 is 10.6 Å². The first-order chi connectivity index (χ1) is 7.52. The molecule has 1 aromatic carbocycles. The number of carbonyl (C=O) groups excluding carboxylic acids is 1. The van der Waals surface area contributed by atoms with Crippen LogP contribution in [0.3, 0.4) is 0 Å². The van der Waals surface area contributed by atoms with E-state index < -0.39 is 11.3 Å². The Morgan fingerprint density at radius 1 is 1.12 bits per heavy atom. The lowest BCUT2D eigenvalue weighted by Gasteiger charge is -2.38. The molecule has 0 aliphatic carbocycles. The van der Waals surface area contributed by atoms with Crippen LogP contribution in [0.2, 0.25) is 0 Å². The van der Waals surface area contributed by atoms with Crippen molar-refractivity contribution in [3.8, 4) is 0 Å². The van der Waals surface area contributed by atoms with Crippen molar-refractivity contribution in [2.45, 2.75) is 25.1 Å². The minimum Gasteiger partial charge on any atom is -0.352 e. The van der Waals surface area contributed by atoms with Gasteiger partial charge in [0.2, 0.25) is 0 Å². The second-order valence-corrected chi connectivity index (χ2v) is 4.46. The van der Waals surface area contributed by atoms with Gasteiger partial charge in [0.1, 0.15) is 0 Å². The zero-order chi connectivity index (χ0) is 11.8. The van der Waals surface area contributed by atoms with Gasteiger partial charge in [-0.05, 0) is 13.8 Å². The molecular weight excluding hydrogens is 204 g/mol. The molecule has 4 nitrogen and oxygen atoms in total. The summed E-state index contributed by atoms with van der Waals surface area (Å²) in [4.78, 5) is 11.5. The lowest BCUT2D eigenvalue weighted by atomic mass is 9.86. The highest BCUT2D eigenvalue weighted by atomic mass is 16.5. The van der Waals surface area contributed by atoms with Crippen molar-refractivity contribution in [2.24, 2.45) is 0 Å². The molecule has 0 saturated carbocycles. The molecule has 4 heteroatoms. The normalized spacial score (nSPS) is 27.3. The predicted octanol–water partition coefficient (Wildman–Crippen LogP) is 1.58. The van der Waals surface area contributed by atoms with Gasteiger partial charge in [0.05, 0.1) is 5.54 Å². The number of ether oxygens (including phenoxy) is 1. The van der Waals surface area contributed by atoms with Crippen molar-refractivity contribution >= 4 is 6.03 Å². The number of carbonyl (C=O) groups is 1. The van der Waals surface area contributed by atoms with Gasteiger partial charge in [0, 0.05) is 12.7 Å². The molecule has 0 aromatic heterocycles. The van der Waals surface area contributed by atoms with Gasteiger partial charge in [-0.25, -0.2) is 4.79 Å². The van der Waals surface area contributed by atoms with Gasteiger partial charge in [-0.3, -0.25) is 0 Å². The van der Waals surface area contributed by atoms with Crippen molar-refractivity contribution < 1.29 is 9.53 Å². The lowest BCUT2D eigenvalue weighted by molar-refractivity contribution is -0.0710. The van der Waals surface area contributed by atoms with Gasteiger partial charge in [-0.2, -0.15) is 0 Å². The number of urea groups is 1. The van der Waals surface area contributed by atoms with E-state index in [0.29, 0.717) is 0 Å². The van der Waals surface area contributed by atoms with E-state index in [0.717, 1.165) is 5.56 Å². The molecule has 16 heavy (non-hydrogen) atoms. The maximum absolute atomic E-state index is 11.5. The number of methoxy groups -OCH3 is 1. The zero-order valence-corrected chi connectivity index (χ0v) is 9.70. The van der Waals surface area contributed by atoms with E-state index in [1.165, 1.54) is 0 Å². The van der Waals surface area contributed by atoms with E-state index in [2.05, 4.69) is 10.6 Å². The molecule has 0 bridgehead atoms. The predicted molar refractivity (Wildman–Crippen MR) is 60.9 cm³/mol. The molecule has 86 valence electrons. The van der Waals surface area contributed by atoms with Crippen molar-refractivity contribution in [1.29, 1.82) is 0 Å². The third-order valence-electron chi connectivity index (χ3n) is 3.08. The summed E-state index contributed by atoms with van der Waals surface area (Å²) in [5, 5.41) is 5.71. The number of benzene rings is 1. The Hall–Kier alpha value is -1.55. The summed E-state index contributed by atoms with van der Waals surface area (Å²) in [6, 6.07) is 9.46. The fraction of sp³-hybridized carbons (Fsp3) is 0.417. The summed E-state index contributed by atoms with van der Waals surface area (Å²) in [5.41, 5.74) is -0.383. The Morgan fingerprint density at radius 3 is 2.19 bits per heavy atom. The number of rotatable bonds is 2. The Labute approximate surface area is 95.0 Å². The highest BCUT2D eigenvalue weighted by Gasteiger charge is 2.54. The second-order valence-electron chi connectivity index (χ2n) is 4.46. The quantitative estimate of drug-likeness (QED) is 0.795. The molecule has 1 heterocycles. The van der Waals surface area contributed by atoms with Crippen molar-refractivity contribution in [3.05, 3.63) is 35.9 Å². The topological polar surface area (TPSA) is 50.4 Å². The highest BCUT2D eigenvalue weighted by Crippen LogP contribution is 2.36. The molecule has 2 N–H and O–H groups in total. The van der Waals surface area contributed by atoms with Crippen LogP contribution in [-0.4, -0.2) is 18.7 Å². The van der Waals surface area contributed by atoms with Crippen LogP contribution in [0.5, 0.6) is 0 Å². The van der Waals surface area contributed by atoms with Crippen LogP contribution in [0.15, 0.2) is 30.3 Å². The molecule has 2 rings (SSSR count). The molecule has 1 aromatic rings. The number of hydrogen-bond donors (Lipinski definition) is 2. The average molecular weight is 220 g/mol. The SMILES string of the molecule is COC1(c2ccccc2)NC(=O)NC1(C)C. The fourth-order valence-corrected chi connectivity index (χ4v) is 2.25. The Bertz CT molecular complexity index is 403. The summed E-state index contributed by atoms with van der Waals surface area (Å²) >= 11 is 0. The van der Waals surface area contributed by atoms with Gasteiger partial charge in [0.15, 0.2) is 5.72 Å². The molecule has 0 spiro atoms. The summed E-state index contributed by atoms with van der Waals surface area (Å²) < 4.78 is 5.58. The number of amides is 2. The first-order valence-electron chi connectivity index (χ1n) is 5.23. The van der Waals surface area contributed by atoms with E-state index in [9.17, 15) is 4.79 Å². The number of hydrogen-bond acceptors (Lipinski definition) is 2. The molecule has 1 saturated heterocycles. The third-order valence-corrected chi connectivity index (χ3v) is 3.08. The zero-order valence-electron chi connectivity index (χ0n) is 9.70. The fourth-order valence-electron chi connectivity index (χ4n) is 2.25. The average Bonchev–Trinajstić information content (AvgIpc) is 2.49. The van der Waals surface area contributed by atoms with Crippen LogP contribution in [-0.2, 0) is 10.5 Å². The van der Waals surface area contributed by atoms with Gasteiger partial charge in [-0.15, -0.1) is 0 Å². The van der Waals surface area contributed by atoms with Crippen molar-refractivity contribution in [2.75, 3.05) is 7.11 Å². The van der Waals surface area contributed by atoms with Crippen LogP contribution in [0, 0.1) is 0 Å². The Kier molecular flexibility index (Phi) is 2.39. The number of nitrogens with one attached hydrogen (secondary N) is 2. The van der Waals surface area contributed by atoms with Crippen LogP contribution in [0.1, 0.15) is 19.4 Å². The molecule has 1 aliphatic heterocycles. The summed E-state index contributed by atoms with van der Waals surface area (Å²) in [6.07, 6.45) is 0. The van der Waals surface area contributed by atoms with Gasteiger partial charge in [-0.1, -0.05) is 30.3 Å². The maximum atomic E-state index is 11.5. The van der Waals surface area contributed by atoms with E-state index in [4.69, 9.17) is 4.74 Å². The van der Waals surface area contributed by atoms with E-state index in [-0.39, 0.29) is 6.03 Å². The third kappa shape index (κ3) is 1.38. The largest absolute Gasteiger partial charge is 0.352 e. The summed E-state index contributed by atoms with van der Waals surface area (Å²) in [6.45, 7) is 3.86. The maximum Gasteiger partial charge on any atom is 0.317 e. The summed E-state index contributed by atoms with van der Waals surface area (Å²) in [7, 11) is 1.60. The van der Waals surface area contributed by atoms with Gasteiger partial charge < -0.3 is 15.4 Å². The molecule has 1 fully saturated rings.